The molecule has 1 atom stereocenters. The lowest BCUT2D eigenvalue weighted by Gasteiger charge is -2.12. The van der Waals surface area contributed by atoms with E-state index in [0.717, 1.165) is 6.54 Å². The highest BCUT2D eigenvalue weighted by atomic mass is 19.1. The van der Waals surface area contributed by atoms with E-state index in [4.69, 9.17) is 0 Å². The van der Waals surface area contributed by atoms with Crippen molar-refractivity contribution in [3.05, 3.63) is 30.1 Å². The van der Waals surface area contributed by atoms with E-state index >= 15 is 0 Å². The summed E-state index contributed by atoms with van der Waals surface area (Å²) in [5, 5.41) is 5.84. The van der Waals surface area contributed by atoms with Gasteiger partial charge in [-0.25, -0.2) is 4.39 Å². The molecule has 0 saturated heterocycles. The van der Waals surface area contributed by atoms with Crippen LogP contribution in [0.5, 0.6) is 0 Å². The highest BCUT2D eigenvalue weighted by Crippen LogP contribution is 2.09. The average molecular weight is 224 g/mol. The Hall–Kier alpha value is -1.42. The number of benzene rings is 1. The molecule has 1 unspecified atom stereocenters. The third-order valence-electron chi connectivity index (χ3n) is 2.26. The zero-order valence-electron chi connectivity index (χ0n) is 9.59. The van der Waals surface area contributed by atoms with Crippen molar-refractivity contribution in [2.75, 3.05) is 18.4 Å². The quantitative estimate of drug-likeness (QED) is 0.803. The molecule has 0 spiro atoms. The molecule has 0 fully saturated rings. The molecule has 0 aromatic heterocycles. The first kappa shape index (κ1) is 12.6. The number of carbonyl (C=O) groups excluding carboxylic acids is 1. The van der Waals surface area contributed by atoms with Gasteiger partial charge in [-0.05, 0) is 30.8 Å². The van der Waals surface area contributed by atoms with Gasteiger partial charge in [-0.3, -0.25) is 4.79 Å². The van der Waals surface area contributed by atoms with Crippen molar-refractivity contribution in [2.45, 2.75) is 13.8 Å². The Balaban J connectivity index is 2.47. The van der Waals surface area contributed by atoms with Crippen molar-refractivity contribution in [3.63, 3.8) is 0 Å². The molecule has 0 bridgehead atoms. The first-order valence-corrected chi connectivity index (χ1v) is 5.40. The third-order valence-corrected chi connectivity index (χ3v) is 2.26. The van der Waals surface area contributed by atoms with Crippen molar-refractivity contribution in [2.24, 2.45) is 5.92 Å². The molecule has 0 radical (unpaired) electrons. The van der Waals surface area contributed by atoms with Crippen molar-refractivity contribution >= 4 is 11.6 Å². The largest absolute Gasteiger partial charge is 0.326 e. The molecule has 0 aliphatic rings. The molecular formula is C12H17FN2O. The Kier molecular flexibility index (Phi) is 4.92. The van der Waals surface area contributed by atoms with Gasteiger partial charge in [0.15, 0.2) is 0 Å². The van der Waals surface area contributed by atoms with Crippen LogP contribution in [0, 0.1) is 11.7 Å². The molecule has 1 aromatic rings. The van der Waals surface area contributed by atoms with Gasteiger partial charge in [-0.2, -0.15) is 0 Å². The normalized spacial score (nSPS) is 12.2. The third kappa shape index (κ3) is 3.98. The molecule has 0 heterocycles. The van der Waals surface area contributed by atoms with Crippen molar-refractivity contribution in [1.29, 1.82) is 0 Å². The minimum Gasteiger partial charge on any atom is -0.326 e. The van der Waals surface area contributed by atoms with E-state index in [1.54, 1.807) is 12.1 Å². The Labute approximate surface area is 95.0 Å². The zero-order chi connectivity index (χ0) is 12.0. The van der Waals surface area contributed by atoms with Gasteiger partial charge in [0.1, 0.15) is 5.82 Å². The van der Waals surface area contributed by atoms with Crippen LogP contribution >= 0.6 is 0 Å². The van der Waals surface area contributed by atoms with Crippen LogP contribution in [0.25, 0.3) is 0 Å². The molecule has 88 valence electrons. The zero-order valence-corrected chi connectivity index (χ0v) is 9.59. The second-order valence-electron chi connectivity index (χ2n) is 3.70. The highest BCUT2D eigenvalue weighted by molar-refractivity contribution is 5.92. The van der Waals surface area contributed by atoms with Crippen LogP contribution in [-0.2, 0) is 4.79 Å². The number of halogens is 1. The number of carbonyl (C=O) groups is 1. The first-order chi connectivity index (χ1) is 7.63. The maximum Gasteiger partial charge on any atom is 0.228 e. The smallest absolute Gasteiger partial charge is 0.228 e. The van der Waals surface area contributed by atoms with Crippen LogP contribution in [0.2, 0.25) is 0 Å². The molecule has 3 nitrogen and oxygen atoms in total. The summed E-state index contributed by atoms with van der Waals surface area (Å²) in [5.74, 6) is -0.476. The Morgan fingerprint density at radius 3 is 2.56 bits per heavy atom. The Morgan fingerprint density at radius 2 is 2.00 bits per heavy atom. The molecular weight excluding hydrogens is 207 g/mol. The topological polar surface area (TPSA) is 41.1 Å². The highest BCUT2D eigenvalue weighted by Gasteiger charge is 2.11. The summed E-state index contributed by atoms with van der Waals surface area (Å²) in [6, 6.07) is 5.75. The van der Waals surface area contributed by atoms with Crippen LogP contribution in [-0.4, -0.2) is 19.0 Å². The van der Waals surface area contributed by atoms with Gasteiger partial charge in [0.2, 0.25) is 5.91 Å². The van der Waals surface area contributed by atoms with E-state index in [1.807, 2.05) is 13.8 Å². The molecule has 2 N–H and O–H groups in total. The molecule has 0 aliphatic heterocycles. The minimum atomic E-state index is -0.307. The van der Waals surface area contributed by atoms with Crippen LogP contribution in [0.4, 0.5) is 10.1 Å². The Morgan fingerprint density at radius 1 is 1.38 bits per heavy atom. The van der Waals surface area contributed by atoms with Gasteiger partial charge in [0.05, 0.1) is 0 Å². The average Bonchev–Trinajstić information content (AvgIpc) is 2.29. The van der Waals surface area contributed by atoms with E-state index < -0.39 is 0 Å². The molecule has 0 saturated carbocycles. The summed E-state index contributed by atoms with van der Waals surface area (Å²) in [6.07, 6.45) is 0. The lowest BCUT2D eigenvalue weighted by molar-refractivity contribution is -0.119. The van der Waals surface area contributed by atoms with Gasteiger partial charge in [0.25, 0.3) is 0 Å². The summed E-state index contributed by atoms with van der Waals surface area (Å²) in [6.45, 7) is 5.32. The van der Waals surface area contributed by atoms with Crippen molar-refractivity contribution < 1.29 is 9.18 Å². The Bertz CT molecular complexity index is 337. The number of rotatable bonds is 5. The molecule has 1 amide bonds. The minimum absolute atomic E-state index is 0.0624. The number of hydrogen-bond acceptors (Lipinski definition) is 2. The maximum absolute atomic E-state index is 12.6. The number of amides is 1. The standard InChI is InChI=1S/C12H17FN2O/c1-3-14-8-9(2)12(16)15-11-6-4-10(13)5-7-11/h4-7,9,14H,3,8H2,1-2H3,(H,15,16). The van der Waals surface area contributed by atoms with Gasteiger partial charge < -0.3 is 10.6 Å². The lowest BCUT2D eigenvalue weighted by Crippen LogP contribution is -2.30. The summed E-state index contributed by atoms with van der Waals surface area (Å²) in [5.41, 5.74) is 0.620. The van der Waals surface area contributed by atoms with E-state index in [9.17, 15) is 9.18 Å². The second kappa shape index (κ2) is 6.23. The van der Waals surface area contributed by atoms with Gasteiger partial charge >= 0.3 is 0 Å². The van der Waals surface area contributed by atoms with Crippen LogP contribution < -0.4 is 10.6 Å². The number of hydrogen-bond donors (Lipinski definition) is 2. The fraction of sp³-hybridized carbons (Fsp3) is 0.417. The van der Waals surface area contributed by atoms with E-state index in [2.05, 4.69) is 10.6 Å². The van der Waals surface area contributed by atoms with Gasteiger partial charge in [-0.1, -0.05) is 13.8 Å². The SMILES string of the molecule is CCNCC(C)C(=O)Nc1ccc(F)cc1. The second-order valence-corrected chi connectivity index (χ2v) is 3.70. The fourth-order valence-corrected chi connectivity index (χ4v) is 1.25. The molecule has 16 heavy (non-hydrogen) atoms. The van der Waals surface area contributed by atoms with Gasteiger partial charge in [0, 0.05) is 18.2 Å². The fourth-order valence-electron chi connectivity index (χ4n) is 1.25. The van der Waals surface area contributed by atoms with E-state index in [-0.39, 0.29) is 17.6 Å². The van der Waals surface area contributed by atoms with E-state index in [0.29, 0.717) is 12.2 Å². The number of nitrogens with one attached hydrogen (secondary N) is 2. The van der Waals surface area contributed by atoms with E-state index in [1.165, 1.54) is 12.1 Å². The summed E-state index contributed by atoms with van der Waals surface area (Å²) in [4.78, 5) is 11.7. The van der Waals surface area contributed by atoms with Crippen LogP contribution in [0.15, 0.2) is 24.3 Å². The monoisotopic (exact) mass is 224 g/mol. The summed E-state index contributed by atoms with van der Waals surface area (Å²) >= 11 is 0. The molecule has 4 heteroatoms. The summed E-state index contributed by atoms with van der Waals surface area (Å²) in [7, 11) is 0. The van der Waals surface area contributed by atoms with Crippen molar-refractivity contribution in [1.82, 2.24) is 5.32 Å². The molecule has 0 aliphatic carbocycles. The number of anilines is 1. The summed E-state index contributed by atoms with van der Waals surface area (Å²) < 4.78 is 12.6. The molecule has 1 rings (SSSR count). The maximum atomic E-state index is 12.6. The van der Waals surface area contributed by atoms with Crippen molar-refractivity contribution in [3.8, 4) is 0 Å². The molecule has 1 aromatic carbocycles. The predicted octanol–water partition coefficient (Wildman–Crippen LogP) is 2.01. The lowest BCUT2D eigenvalue weighted by atomic mass is 10.1. The first-order valence-electron chi connectivity index (χ1n) is 5.40. The van der Waals surface area contributed by atoms with Gasteiger partial charge in [-0.15, -0.1) is 0 Å². The van der Waals surface area contributed by atoms with Crippen LogP contribution in [0.3, 0.4) is 0 Å². The predicted molar refractivity (Wildman–Crippen MR) is 62.7 cm³/mol. The van der Waals surface area contributed by atoms with Crippen LogP contribution in [0.1, 0.15) is 13.8 Å².